The molecule has 0 aliphatic carbocycles. The molecule has 0 bridgehead atoms. The molecule has 0 N–H and O–H groups in total. The van der Waals surface area contributed by atoms with Crippen LogP contribution in [0.2, 0.25) is 0 Å². The van der Waals surface area contributed by atoms with Gasteiger partial charge in [0.05, 0.1) is 6.04 Å². The van der Waals surface area contributed by atoms with Crippen LogP contribution in [-0.2, 0) is 0 Å². The molecule has 2 saturated heterocycles. The van der Waals surface area contributed by atoms with Crippen LogP contribution in [0.1, 0.15) is 29.6 Å². The summed E-state index contributed by atoms with van der Waals surface area (Å²) in [5.41, 5.74) is 0.140. The van der Waals surface area contributed by atoms with Crippen molar-refractivity contribution in [2.75, 3.05) is 37.7 Å². The molecule has 6 heteroatoms. The number of carbonyl (C=O) groups is 1. The molecule has 2 fully saturated rings. The summed E-state index contributed by atoms with van der Waals surface area (Å²) < 4.78 is 5.39. The topological polar surface area (TPSA) is 53.8 Å². The number of fused-ring (bicyclic) bond motifs is 1. The minimum Gasteiger partial charge on any atom is -0.422 e. The fourth-order valence-corrected chi connectivity index (χ4v) is 4.93. The maximum Gasteiger partial charge on any atom is 0.349 e. The number of para-hydroxylation sites is 1. The highest BCUT2D eigenvalue weighted by Crippen LogP contribution is 2.22. The number of hydrogen-bond acceptors (Lipinski definition) is 5. The zero-order valence-corrected chi connectivity index (χ0v) is 15.7. The largest absolute Gasteiger partial charge is 0.422 e. The maximum absolute atomic E-state index is 13.2. The van der Waals surface area contributed by atoms with Crippen molar-refractivity contribution in [3.63, 3.8) is 0 Å². The number of nitrogens with zero attached hydrogens (tertiary/aromatic N) is 2. The number of rotatable bonds is 3. The van der Waals surface area contributed by atoms with Crippen molar-refractivity contribution in [2.45, 2.75) is 25.3 Å². The van der Waals surface area contributed by atoms with Gasteiger partial charge in [0.2, 0.25) is 0 Å². The molecule has 1 atom stereocenters. The van der Waals surface area contributed by atoms with Crippen molar-refractivity contribution in [1.29, 1.82) is 0 Å². The van der Waals surface area contributed by atoms with Gasteiger partial charge in [-0.3, -0.25) is 4.79 Å². The second-order valence-electron chi connectivity index (χ2n) is 7.07. The van der Waals surface area contributed by atoms with Gasteiger partial charge in [-0.25, -0.2) is 4.79 Å². The van der Waals surface area contributed by atoms with Crippen LogP contribution in [0.4, 0.5) is 0 Å². The monoisotopic (exact) mass is 372 g/mol. The molecule has 138 valence electrons. The number of thioether (sulfide) groups is 1. The van der Waals surface area contributed by atoms with Gasteiger partial charge in [-0.05, 0) is 50.2 Å². The Bertz CT molecular complexity index is 844. The summed E-state index contributed by atoms with van der Waals surface area (Å²) in [7, 11) is 0. The van der Waals surface area contributed by atoms with E-state index >= 15 is 0 Å². The van der Waals surface area contributed by atoms with Gasteiger partial charge in [-0.15, -0.1) is 0 Å². The standard InChI is InChI=1S/C20H24N2O3S/c23-19(17-12-15-6-1-2-7-18(15)25-20(17)24)22-10-5-11-26-14-16(22)13-21-8-3-4-9-21/h1-2,6-7,12,16H,3-5,8-11,13-14H2. The minimum atomic E-state index is -0.537. The molecule has 0 saturated carbocycles. The highest BCUT2D eigenvalue weighted by Gasteiger charge is 2.30. The van der Waals surface area contributed by atoms with Crippen LogP contribution in [0.5, 0.6) is 0 Å². The molecule has 1 aromatic heterocycles. The van der Waals surface area contributed by atoms with Gasteiger partial charge in [-0.2, -0.15) is 11.8 Å². The molecule has 2 aromatic rings. The summed E-state index contributed by atoms with van der Waals surface area (Å²) in [5.74, 6) is 1.81. The van der Waals surface area contributed by atoms with Crippen LogP contribution in [0, 0.1) is 0 Å². The first kappa shape index (κ1) is 17.6. The third kappa shape index (κ3) is 3.67. The van der Waals surface area contributed by atoms with Gasteiger partial charge >= 0.3 is 5.63 Å². The molecule has 4 rings (SSSR count). The fraction of sp³-hybridized carbons (Fsp3) is 0.500. The lowest BCUT2D eigenvalue weighted by atomic mass is 10.1. The lowest BCUT2D eigenvalue weighted by Crippen LogP contribution is -2.48. The summed E-state index contributed by atoms with van der Waals surface area (Å²) in [4.78, 5) is 30.0. The smallest absolute Gasteiger partial charge is 0.349 e. The Morgan fingerprint density at radius 2 is 1.96 bits per heavy atom. The van der Waals surface area contributed by atoms with E-state index < -0.39 is 5.63 Å². The predicted molar refractivity (Wildman–Crippen MR) is 105 cm³/mol. The molecule has 5 nitrogen and oxygen atoms in total. The van der Waals surface area contributed by atoms with E-state index in [-0.39, 0.29) is 17.5 Å². The lowest BCUT2D eigenvalue weighted by Gasteiger charge is -2.32. The van der Waals surface area contributed by atoms with Crippen LogP contribution >= 0.6 is 11.8 Å². The van der Waals surface area contributed by atoms with Gasteiger partial charge in [0.15, 0.2) is 0 Å². The van der Waals surface area contributed by atoms with Gasteiger partial charge in [0.25, 0.3) is 5.91 Å². The Balaban J connectivity index is 1.63. The molecule has 2 aliphatic rings. The number of hydrogen-bond donors (Lipinski definition) is 0. The summed E-state index contributed by atoms with van der Waals surface area (Å²) in [6, 6.07) is 9.17. The van der Waals surface area contributed by atoms with Crippen molar-refractivity contribution in [3.05, 3.63) is 46.3 Å². The molecule has 26 heavy (non-hydrogen) atoms. The maximum atomic E-state index is 13.2. The molecule has 1 unspecified atom stereocenters. The van der Waals surface area contributed by atoms with Crippen molar-refractivity contribution >= 4 is 28.6 Å². The first-order chi connectivity index (χ1) is 12.7. The molecule has 3 heterocycles. The van der Waals surface area contributed by atoms with Crippen molar-refractivity contribution < 1.29 is 9.21 Å². The van der Waals surface area contributed by atoms with Gasteiger partial charge < -0.3 is 14.2 Å². The van der Waals surface area contributed by atoms with E-state index in [1.807, 2.05) is 34.9 Å². The average Bonchev–Trinajstić information content (AvgIpc) is 3.05. The number of amides is 1. The SMILES string of the molecule is O=C(c1cc2ccccc2oc1=O)N1CCCSCC1CN1CCCC1. The van der Waals surface area contributed by atoms with Gasteiger partial charge in [-0.1, -0.05) is 18.2 Å². The van der Waals surface area contributed by atoms with Crippen LogP contribution < -0.4 is 5.63 Å². The molecule has 0 radical (unpaired) electrons. The zero-order chi connectivity index (χ0) is 17.9. The average molecular weight is 372 g/mol. The van der Waals surface area contributed by atoms with E-state index in [1.54, 1.807) is 12.1 Å². The van der Waals surface area contributed by atoms with E-state index in [0.717, 1.165) is 42.9 Å². The van der Waals surface area contributed by atoms with Crippen LogP contribution in [-0.4, -0.2) is 59.4 Å². The third-order valence-corrected chi connectivity index (χ3v) is 6.44. The highest BCUT2D eigenvalue weighted by atomic mass is 32.2. The highest BCUT2D eigenvalue weighted by molar-refractivity contribution is 7.99. The van der Waals surface area contributed by atoms with E-state index in [9.17, 15) is 9.59 Å². The molecular weight excluding hydrogens is 348 g/mol. The van der Waals surface area contributed by atoms with Gasteiger partial charge in [0, 0.05) is 24.2 Å². The Morgan fingerprint density at radius 3 is 2.81 bits per heavy atom. The zero-order valence-electron chi connectivity index (χ0n) is 14.9. The Hall–Kier alpha value is -1.79. The molecular formula is C20H24N2O3S. The third-order valence-electron chi connectivity index (χ3n) is 5.24. The van der Waals surface area contributed by atoms with Crippen molar-refractivity contribution in [3.8, 4) is 0 Å². The Kier molecular flexibility index (Phi) is 5.31. The first-order valence-electron chi connectivity index (χ1n) is 9.36. The second-order valence-corrected chi connectivity index (χ2v) is 8.22. The van der Waals surface area contributed by atoms with Crippen LogP contribution in [0.25, 0.3) is 11.0 Å². The molecule has 2 aliphatic heterocycles. The number of likely N-dealkylation sites (tertiary alicyclic amines) is 1. The summed E-state index contributed by atoms with van der Waals surface area (Å²) in [5, 5.41) is 0.788. The number of carbonyl (C=O) groups excluding carboxylic acids is 1. The molecule has 1 amide bonds. The summed E-state index contributed by atoms with van der Waals surface area (Å²) in [6.45, 7) is 3.83. The second kappa shape index (κ2) is 7.84. The first-order valence-corrected chi connectivity index (χ1v) is 10.5. The quantitative estimate of drug-likeness (QED) is 0.776. The molecule has 0 spiro atoms. The Morgan fingerprint density at radius 1 is 1.15 bits per heavy atom. The van der Waals surface area contributed by atoms with E-state index in [2.05, 4.69) is 4.90 Å². The van der Waals surface area contributed by atoms with Crippen LogP contribution in [0.15, 0.2) is 39.5 Å². The van der Waals surface area contributed by atoms with E-state index in [1.165, 1.54) is 12.8 Å². The van der Waals surface area contributed by atoms with Crippen molar-refractivity contribution in [2.24, 2.45) is 0 Å². The molecule has 1 aromatic carbocycles. The van der Waals surface area contributed by atoms with E-state index in [0.29, 0.717) is 12.1 Å². The normalized spacial score (nSPS) is 21.8. The predicted octanol–water partition coefficient (Wildman–Crippen LogP) is 2.84. The number of benzene rings is 1. The minimum absolute atomic E-state index is 0.152. The lowest BCUT2D eigenvalue weighted by molar-refractivity contribution is 0.0662. The van der Waals surface area contributed by atoms with Crippen LogP contribution in [0.3, 0.4) is 0 Å². The fourth-order valence-electron chi connectivity index (χ4n) is 3.88. The summed E-state index contributed by atoms with van der Waals surface area (Å²) in [6.07, 6.45) is 3.44. The van der Waals surface area contributed by atoms with Gasteiger partial charge in [0.1, 0.15) is 11.1 Å². The van der Waals surface area contributed by atoms with Crippen molar-refractivity contribution in [1.82, 2.24) is 9.80 Å². The van der Waals surface area contributed by atoms with E-state index in [4.69, 9.17) is 4.42 Å². The summed E-state index contributed by atoms with van der Waals surface area (Å²) >= 11 is 1.91. The Labute approximate surface area is 157 Å².